The summed E-state index contributed by atoms with van der Waals surface area (Å²) in [5.41, 5.74) is 0. The van der Waals surface area contributed by atoms with Gasteiger partial charge in [0.15, 0.2) is 0 Å². The molecular weight excluding hydrogens is 268 g/mol. The molecule has 0 aliphatic heterocycles. The summed E-state index contributed by atoms with van der Waals surface area (Å²) in [6, 6.07) is 3.93. The average Bonchev–Trinajstić information content (AvgIpc) is 2.74. The van der Waals surface area contributed by atoms with Gasteiger partial charge in [-0.05, 0) is 49.7 Å². The summed E-state index contributed by atoms with van der Waals surface area (Å²) in [7, 11) is 0. The van der Waals surface area contributed by atoms with Gasteiger partial charge in [-0.3, -0.25) is 4.79 Å². The van der Waals surface area contributed by atoms with E-state index in [1.165, 1.54) is 4.88 Å². The summed E-state index contributed by atoms with van der Waals surface area (Å²) in [6.45, 7) is 2.20. The van der Waals surface area contributed by atoms with E-state index in [0.717, 1.165) is 36.4 Å². The van der Waals surface area contributed by atoms with E-state index in [0.29, 0.717) is 5.92 Å². The van der Waals surface area contributed by atoms with E-state index >= 15 is 0 Å². The third kappa shape index (κ3) is 3.27. The lowest BCUT2D eigenvalue weighted by atomic mass is 9.72. The van der Waals surface area contributed by atoms with E-state index < -0.39 is 5.97 Å². The molecule has 1 aromatic heterocycles. The number of carboxylic acid groups (broad SMARTS) is 1. The normalized spacial score (nSPS) is 28.2. The molecule has 0 bridgehead atoms. The molecule has 2 rings (SSSR count). The van der Waals surface area contributed by atoms with Crippen LogP contribution in [-0.2, 0) is 11.2 Å². The maximum absolute atomic E-state index is 11.3. The Bertz CT molecular complexity index is 416. The molecule has 4 heteroatoms. The molecule has 0 aromatic carbocycles. The molecule has 3 atom stereocenters. The second-order valence-corrected chi connectivity index (χ2v) is 7.00. The van der Waals surface area contributed by atoms with Crippen molar-refractivity contribution in [3.8, 4) is 0 Å². The number of hydrogen-bond donors (Lipinski definition) is 1. The van der Waals surface area contributed by atoms with Crippen LogP contribution in [0.5, 0.6) is 0 Å². The van der Waals surface area contributed by atoms with Crippen LogP contribution in [0.15, 0.2) is 12.1 Å². The van der Waals surface area contributed by atoms with Crippen LogP contribution in [-0.4, -0.2) is 11.1 Å². The van der Waals surface area contributed by atoms with Crippen molar-refractivity contribution in [3.05, 3.63) is 21.3 Å². The molecule has 0 saturated heterocycles. The lowest BCUT2D eigenvalue weighted by Gasteiger charge is -2.33. The number of carbonyl (C=O) groups is 1. The van der Waals surface area contributed by atoms with Gasteiger partial charge < -0.3 is 5.11 Å². The highest BCUT2D eigenvalue weighted by molar-refractivity contribution is 7.16. The van der Waals surface area contributed by atoms with Crippen LogP contribution in [0.25, 0.3) is 0 Å². The van der Waals surface area contributed by atoms with Crippen molar-refractivity contribution < 1.29 is 9.90 Å². The van der Waals surface area contributed by atoms with Crippen molar-refractivity contribution in [1.82, 2.24) is 0 Å². The van der Waals surface area contributed by atoms with Crippen molar-refractivity contribution in [2.45, 2.75) is 39.0 Å². The van der Waals surface area contributed by atoms with Crippen molar-refractivity contribution in [2.24, 2.45) is 17.8 Å². The molecule has 1 aromatic rings. The lowest BCUT2D eigenvalue weighted by molar-refractivity contribution is -0.145. The predicted octanol–water partition coefficient (Wildman–Crippen LogP) is 4.47. The Morgan fingerprint density at radius 2 is 2.28 bits per heavy atom. The standard InChI is InChI=1S/C14H19ClO2S/c1-2-9-3-5-12(14(16)17)10(7-9)8-11-4-6-13(15)18-11/h4,6,9-10,12H,2-3,5,7-8H2,1H3,(H,16,17). The fourth-order valence-corrected chi connectivity index (χ4v) is 4.18. The number of thiophene rings is 1. The molecule has 1 fully saturated rings. The maximum Gasteiger partial charge on any atom is 0.306 e. The van der Waals surface area contributed by atoms with Crippen LogP contribution in [0.2, 0.25) is 4.34 Å². The van der Waals surface area contributed by atoms with Crippen LogP contribution in [0.1, 0.15) is 37.5 Å². The van der Waals surface area contributed by atoms with E-state index in [1.807, 2.05) is 12.1 Å². The second kappa shape index (κ2) is 6.07. The summed E-state index contributed by atoms with van der Waals surface area (Å²) < 4.78 is 0.791. The van der Waals surface area contributed by atoms with Gasteiger partial charge in [-0.1, -0.05) is 24.9 Å². The van der Waals surface area contributed by atoms with Crippen LogP contribution in [0.4, 0.5) is 0 Å². The zero-order valence-corrected chi connectivity index (χ0v) is 12.1. The number of hydrogen-bond acceptors (Lipinski definition) is 2. The van der Waals surface area contributed by atoms with E-state index in [1.54, 1.807) is 11.3 Å². The third-order valence-corrected chi connectivity index (χ3v) is 5.33. The first-order chi connectivity index (χ1) is 8.60. The largest absolute Gasteiger partial charge is 0.481 e. The Balaban J connectivity index is 2.07. The summed E-state index contributed by atoms with van der Waals surface area (Å²) in [5, 5.41) is 9.33. The van der Waals surface area contributed by atoms with Gasteiger partial charge in [-0.15, -0.1) is 11.3 Å². The highest BCUT2D eigenvalue weighted by Gasteiger charge is 2.34. The first-order valence-corrected chi connectivity index (χ1v) is 7.76. The third-order valence-electron chi connectivity index (χ3n) is 4.08. The molecule has 18 heavy (non-hydrogen) atoms. The van der Waals surface area contributed by atoms with Gasteiger partial charge in [-0.25, -0.2) is 0 Å². The predicted molar refractivity (Wildman–Crippen MR) is 75.3 cm³/mol. The molecule has 1 N–H and O–H groups in total. The Morgan fingerprint density at radius 3 is 2.83 bits per heavy atom. The van der Waals surface area contributed by atoms with Crippen LogP contribution >= 0.6 is 22.9 Å². The fraction of sp³-hybridized carbons (Fsp3) is 0.643. The molecular formula is C14H19ClO2S. The van der Waals surface area contributed by atoms with Crippen LogP contribution in [0.3, 0.4) is 0 Å². The summed E-state index contributed by atoms with van der Waals surface area (Å²) in [6.07, 6.45) is 4.97. The molecule has 2 nitrogen and oxygen atoms in total. The molecule has 100 valence electrons. The second-order valence-electron chi connectivity index (χ2n) is 5.20. The van der Waals surface area contributed by atoms with Crippen molar-refractivity contribution in [2.75, 3.05) is 0 Å². The maximum atomic E-state index is 11.3. The number of aliphatic carboxylic acids is 1. The summed E-state index contributed by atoms with van der Waals surface area (Å²) in [4.78, 5) is 12.5. The van der Waals surface area contributed by atoms with Crippen molar-refractivity contribution in [3.63, 3.8) is 0 Å². The zero-order valence-electron chi connectivity index (χ0n) is 10.6. The number of rotatable bonds is 4. The summed E-state index contributed by atoms with van der Waals surface area (Å²) in [5.74, 6) is 0.169. The Hall–Kier alpha value is -0.540. The Labute approximate surface area is 117 Å². The SMILES string of the molecule is CCC1CCC(C(=O)O)C(Cc2ccc(Cl)s2)C1. The van der Waals surface area contributed by atoms with Crippen molar-refractivity contribution in [1.29, 1.82) is 0 Å². The molecule has 3 unspecified atom stereocenters. The highest BCUT2D eigenvalue weighted by Crippen LogP contribution is 2.38. The smallest absolute Gasteiger partial charge is 0.306 e. The van der Waals surface area contributed by atoms with E-state index in [-0.39, 0.29) is 11.8 Å². The van der Waals surface area contributed by atoms with Gasteiger partial charge in [0.25, 0.3) is 0 Å². The number of carboxylic acids is 1. The van der Waals surface area contributed by atoms with Crippen LogP contribution < -0.4 is 0 Å². The van der Waals surface area contributed by atoms with Gasteiger partial charge in [-0.2, -0.15) is 0 Å². The quantitative estimate of drug-likeness (QED) is 0.886. The van der Waals surface area contributed by atoms with E-state index in [2.05, 4.69) is 6.92 Å². The van der Waals surface area contributed by atoms with E-state index in [4.69, 9.17) is 11.6 Å². The van der Waals surface area contributed by atoms with Gasteiger partial charge in [0.1, 0.15) is 0 Å². The Morgan fingerprint density at radius 1 is 1.50 bits per heavy atom. The first-order valence-electron chi connectivity index (χ1n) is 6.57. The zero-order chi connectivity index (χ0) is 13.1. The summed E-state index contributed by atoms with van der Waals surface area (Å²) >= 11 is 7.51. The molecule has 0 amide bonds. The van der Waals surface area contributed by atoms with Gasteiger partial charge >= 0.3 is 5.97 Å². The molecule has 0 spiro atoms. The van der Waals surface area contributed by atoms with Crippen LogP contribution in [0, 0.1) is 17.8 Å². The Kier molecular flexibility index (Phi) is 4.68. The first kappa shape index (κ1) is 13.9. The van der Waals surface area contributed by atoms with Gasteiger partial charge in [0.05, 0.1) is 10.3 Å². The van der Waals surface area contributed by atoms with Gasteiger partial charge in [0.2, 0.25) is 0 Å². The minimum atomic E-state index is -0.628. The minimum Gasteiger partial charge on any atom is -0.481 e. The monoisotopic (exact) mass is 286 g/mol. The van der Waals surface area contributed by atoms with E-state index in [9.17, 15) is 9.90 Å². The minimum absolute atomic E-state index is 0.173. The number of halogens is 1. The highest BCUT2D eigenvalue weighted by atomic mass is 35.5. The average molecular weight is 287 g/mol. The molecule has 1 heterocycles. The topological polar surface area (TPSA) is 37.3 Å². The molecule has 1 aliphatic rings. The van der Waals surface area contributed by atoms with Crippen molar-refractivity contribution >= 4 is 28.9 Å². The molecule has 1 saturated carbocycles. The molecule has 0 radical (unpaired) electrons. The van der Waals surface area contributed by atoms with Gasteiger partial charge in [0, 0.05) is 4.88 Å². The fourth-order valence-electron chi connectivity index (χ4n) is 3.00. The lowest BCUT2D eigenvalue weighted by Crippen LogP contribution is -2.31. The molecule has 1 aliphatic carbocycles.